The number of carbonyl (C=O) groups is 1. The van der Waals surface area contributed by atoms with Crippen LogP contribution < -0.4 is 4.90 Å². The van der Waals surface area contributed by atoms with Crippen LogP contribution >= 0.6 is 0 Å². The Labute approximate surface area is 194 Å². The van der Waals surface area contributed by atoms with E-state index < -0.39 is 5.60 Å². The van der Waals surface area contributed by atoms with Crippen LogP contribution in [-0.4, -0.2) is 51.8 Å². The zero-order valence-corrected chi connectivity index (χ0v) is 19.7. The Morgan fingerprint density at radius 3 is 2.64 bits per heavy atom. The lowest BCUT2D eigenvalue weighted by Crippen LogP contribution is -2.55. The Bertz CT molecular complexity index is 1190. The minimum absolute atomic E-state index is 0.000311. The topological polar surface area (TPSA) is 50.6 Å². The van der Waals surface area contributed by atoms with Gasteiger partial charge >= 0.3 is 6.09 Å². The molecule has 0 bridgehead atoms. The van der Waals surface area contributed by atoms with Crippen LogP contribution in [0.3, 0.4) is 0 Å². The maximum Gasteiger partial charge on any atom is 0.410 e. The minimum atomic E-state index is -0.514. The highest BCUT2D eigenvalue weighted by molar-refractivity contribution is 5.95. The smallest absolute Gasteiger partial charge is 0.410 e. The molecule has 2 aromatic heterocycles. The van der Waals surface area contributed by atoms with Crippen molar-refractivity contribution >= 4 is 22.8 Å². The molecule has 0 spiro atoms. The molecular weight excluding hydrogens is 419 g/mol. The van der Waals surface area contributed by atoms with Crippen LogP contribution in [0.2, 0.25) is 0 Å². The quantitative estimate of drug-likeness (QED) is 0.530. The van der Waals surface area contributed by atoms with E-state index >= 15 is 0 Å². The van der Waals surface area contributed by atoms with Crippen molar-refractivity contribution in [3.8, 4) is 5.69 Å². The second-order valence-electron chi connectivity index (χ2n) is 10.2. The number of anilines is 1. The summed E-state index contributed by atoms with van der Waals surface area (Å²) in [7, 11) is 0. The van der Waals surface area contributed by atoms with E-state index in [0.717, 1.165) is 22.4 Å². The molecule has 2 fully saturated rings. The second kappa shape index (κ2) is 8.04. The van der Waals surface area contributed by atoms with Gasteiger partial charge < -0.3 is 19.1 Å². The third-order valence-corrected chi connectivity index (χ3v) is 6.38. The third kappa shape index (κ3) is 4.28. The number of nitrogens with zero attached hydrogens (tertiary/aromatic N) is 4. The summed E-state index contributed by atoms with van der Waals surface area (Å²) in [6.45, 7) is 9.66. The van der Waals surface area contributed by atoms with Crippen molar-refractivity contribution in [3.05, 3.63) is 54.1 Å². The molecule has 1 saturated heterocycles. The molecule has 1 amide bonds. The monoisotopic (exact) mass is 450 g/mol. The van der Waals surface area contributed by atoms with E-state index in [4.69, 9.17) is 9.72 Å². The number of fused-ring (bicyclic) bond motifs is 1. The summed E-state index contributed by atoms with van der Waals surface area (Å²) in [6.07, 6.45) is 6.05. The number of hydrogen-bond acceptors (Lipinski definition) is 4. The number of piperazine rings is 1. The van der Waals surface area contributed by atoms with Crippen molar-refractivity contribution in [3.63, 3.8) is 0 Å². The SMILES string of the molecule is C[C@@H]1CN(c2nccc3c2c(C2CC2)cn3-c2cccc(F)c2)CCN1C(=O)OC(C)(C)C. The molecule has 1 aliphatic carbocycles. The summed E-state index contributed by atoms with van der Waals surface area (Å²) in [5.41, 5.74) is 2.61. The van der Waals surface area contributed by atoms with E-state index in [9.17, 15) is 9.18 Å². The fourth-order valence-corrected chi connectivity index (χ4v) is 4.72. The Morgan fingerprint density at radius 1 is 1.18 bits per heavy atom. The molecule has 3 aromatic rings. The lowest BCUT2D eigenvalue weighted by molar-refractivity contribution is 0.0159. The maximum atomic E-state index is 14.0. The van der Waals surface area contributed by atoms with Crippen LogP contribution in [0.5, 0.6) is 0 Å². The van der Waals surface area contributed by atoms with Crippen molar-refractivity contribution < 1.29 is 13.9 Å². The first-order valence-electron chi connectivity index (χ1n) is 11.7. The van der Waals surface area contributed by atoms with Gasteiger partial charge in [-0.05, 0) is 76.3 Å². The summed E-state index contributed by atoms with van der Waals surface area (Å²) < 4.78 is 21.7. The zero-order valence-electron chi connectivity index (χ0n) is 19.7. The van der Waals surface area contributed by atoms with Crippen LogP contribution in [-0.2, 0) is 4.74 Å². The first-order valence-corrected chi connectivity index (χ1v) is 11.7. The van der Waals surface area contributed by atoms with E-state index in [-0.39, 0.29) is 18.0 Å². The zero-order chi connectivity index (χ0) is 23.3. The average molecular weight is 451 g/mol. The van der Waals surface area contributed by atoms with Crippen LogP contribution in [0.15, 0.2) is 42.7 Å². The number of rotatable bonds is 3. The normalized spacial score (nSPS) is 19.2. The summed E-state index contributed by atoms with van der Waals surface area (Å²) >= 11 is 0. The summed E-state index contributed by atoms with van der Waals surface area (Å²) in [5.74, 6) is 1.22. The molecule has 0 unspecified atom stereocenters. The predicted octanol–water partition coefficient (Wildman–Crippen LogP) is 5.49. The van der Waals surface area contributed by atoms with Gasteiger partial charge in [0.1, 0.15) is 17.2 Å². The number of carbonyl (C=O) groups excluding carboxylic acids is 1. The van der Waals surface area contributed by atoms with Crippen LogP contribution in [0.1, 0.15) is 52.0 Å². The van der Waals surface area contributed by atoms with Crippen molar-refractivity contribution in [1.82, 2.24) is 14.5 Å². The molecule has 1 saturated carbocycles. The van der Waals surface area contributed by atoms with Crippen molar-refractivity contribution in [2.24, 2.45) is 0 Å². The molecule has 2 aliphatic rings. The fourth-order valence-electron chi connectivity index (χ4n) is 4.72. The van der Waals surface area contributed by atoms with Crippen molar-refractivity contribution in [2.75, 3.05) is 24.5 Å². The van der Waals surface area contributed by atoms with Crippen LogP contribution in [0.25, 0.3) is 16.6 Å². The first-order chi connectivity index (χ1) is 15.7. The molecular formula is C26H31FN4O2. The number of pyridine rings is 1. The number of amides is 1. The number of aromatic nitrogens is 2. The summed E-state index contributed by atoms with van der Waals surface area (Å²) in [5, 5.41) is 1.14. The van der Waals surface area contributed by atoms with Gasteiger partial charge in [-0.25, -0.2) is 14.2 Å². The first kappa shape index (κ1) is 21.7. The summed E-state index contributed by atoms with van der Waals surface area (Å²) in [4.78, 5) is 21.5. The standard InChI is InChI=1S/C26H31FN4O2/c1-17-15-29(12-13-30(17)25(32)33-26(2,3)4)24-23-21(18-8-9-18)16-31(22(23)10-11-28-24)20-7-5-6-19(27)14-20/h5-7,10-11,14,16-18H,8-9,12-13,15H2,1-4H3/t17-/m1/s1. The molecule has 0 N–H and O–H groups in total. The largest absolute Gasteiger partial charge is 0.444 e. The van der Waals surface area contributed by atoms with Gasteiger partial charge in [-0.3, -0.25) is 0 Å². The van der Waals surface area contributed by atoms with E-state index in [0.29, 0.717) is 25.6 Å². The molecule has 5 rings (SSSR count). The van der Waals surface area contributed by atoms with Gasteiger partial charge in [0, 0.05) is 49.1 Å². The number of halogens is 1. The van der Waals surface area contributed by atoms with Gasteiger partial charge in [-0.15, -0.1) is 0 Å². The molecule has 174 valence electrons. The highest BCUT2D eigenvalue weighted by Gasteiger charge is 2.34. The lowest BCUT2D eigenvalue weighted by Gasteiger charge is -2.41. The molecule has 1 aromatic carbocycles. The maximum absolute atomic E-state index is 14.0. The predicted molar refractivity (Wildman–Crippen MR) is 128 cm³/mol. The molecule has 7 heteroatoms. The molecule has 6 nitrogen and oxygen atoms in total. The number of ether oxygens (including phenoxy) is 1. The van der Waals surface area contributed by atoms with Crippen LogP contribution in [0.4, 0.5) is 15.0 Å². The Hall–Kier alpha value is -3.09. The molecule has 3 heterocycles. The van der Waals surface area contributed by atoms with Gasteiger partial charge in [0.2, 0.25) is 0 Å². The van der Waals surface area contributed by atoms with Crippen molar-refractivity contribution in [2.45, 2.75) is 58.1 Å². The minimum Gasteiger partial charge on any atom is -0.444 e. The molecule has 1 atom stereocenters. The van der Waals surface area contributed by atoms with Gasteiger partial charge in [0.25, 0.3) is 0 Å². The van der Waals surface area contributed by atoms with Gasteiger partial charge in [-0.1, -0.05) is 6.07 Å². The Balaban J connectivity index is 1.49. The Morgan fingerprint density at radius 2 is 1.97 bits per heavy atom. The molecule has 0 radical (unpaired) electrons. The third-order valence-electron chi connectivity index (χ3n) is 6.38. The Kier molecular flexibility index (Phi) is 5.30. The highest BCUT2D eigenvalue weighted by Crippen LogP contribution is 2.46. The fraction of sp³-hybridized carbons (Fsp3) is 0.462. The van der Waals surface area contributed by atoms with Gasteiger partial charge in [0.15, 0.2) is 0 Å². The number of hydrogen-bond donors (Lipinski definition) is 0. The van der Waals surface area contributed by atoms with E-state index in [1.54, 1.807) is 12.1 Å². The highest BCUT2D eigenvalue weighted by atomic mass is 19.1. The van der Waals surface area contributed by atoms with E-state index in [2.05, 4.69) is 22.6 Å². The average Bonchev–Trinajstić information content (AvgIpc) is 3.52. The van der Waals surface area contributed by atoms with Crippen LogP contribution in [0, 0.1) is 5.82 Å². The van der Waals surface area contributed by atoms with E-state index in [1.165, 1.54) is 24.5 Å². The lowest BCUT2D eigenvalue weighted by atomic mass is 10.1. The van der Waals surface area contributed by atoms with E-state index in [1.807, 2.05) is 44.0 Å². The van der Waals surface area contributed by atoms with Gasteiger partial charge in [0.05, 0.1) is 5.52 Å². The second-order valence-corrected chi connectivity index (χ2v) is 10.2. The van der Waals surface area contributed by atoms with Crippen molar-refractivity contribution in [1.29, 1.82) is 0 Å². The van der Waals surface area contributed by atoms with Gasteiger partial charge in [-0.2, -0.15) is 0 Å². The number of benzene rings is 1. The molecule has 1 aliphatic heterocycles. The molecule has 33 heavy (non-hydrogen) atoms. The summed E-state index contributed by atoms with van der Waals surface area (Å²) in [6, 6.07) is 8.72.